The number of nitrogens with one attached hydrogen (secondary N) is 3. The number of aromatic amines is 1. The number of carbonyl (C=O) groups is 1. The molecule has 10 atom stereocenters. The first-order valence-corrected chi connectivity index (χ1v) is 16.0. The van der Waals surface area contributed by atoms with Gasteiger partial charge in [-0.25, -0.2) is 9.11 Å². The van der Waals surface area contributed by atoms with E-state index < -0.39 is 95.1 Å². The standard InChI is InChI=1S/C21H36N4O16P2/c1-22-6-3-2-4-15(28)23-11-8-12(27)13(9-26)39-20(11)40-43(35,36)41-42(33,34)37-10-14-17(30)18(31)19(38-14)25-7-5-16(29)24-21(25)32/h5,7,11-14,17-20,22,26-27,30-31H,2-4,6,8-10H2,1H3,(H,23,28)(H,33,34)(H,35,36)(H,24,29,32)/p-2/t11?,12-,13?,14?,17?,18?,19?,20+/m1/s1. The molecule has 20 nitrogen and oxygen atoms in total. The second kappa shape index (κ2) is 15.4. The lowest BCUT2D eigenvalue weighted by atomic mass is 10.0. The number of amides is 1. The third kappa shape index (κ3) is 10.1. The molecule has 2 aliphatic rings. The Morgan fingerprint density at radius 3 is 2.51 bits per heavy atom. The number of nitrogens with zero attached hydrogens (tertiary/aromatic N) is 1. The molecule has 0 aliphatic carbocycles. The van der Waals surface area contributed by atoms with Crippen molar-refractivity contribution in [1.82, 2.24) is 20.2 Å². The van der Waals surface area contributed by atoms with E-state index in [1.165, 1.54) is 0 Å². The van der Waals surface area contributed by atoms with Crippen molar-refractivity contribution in [2.24, 2.45) is 0 Å². The van der Waals surface area contributed by atoms with E-state index in [2.05, 4.69) is 19.5 Å². The summed E-state index contributed by atoms with van der Waals surface area (Å²) in [6.07, 6.45) is -9.52. The van der Waals surface area contributed by atoms with Gasteiger partial charge >= 0.3 is 5.69 Å². The Morgan fingerprint density at radius 2 is 1.86 bits per heavy atom. The van der Waals surface area contributed by atoms with Gasteiger partial charge in [0.05, 0.1) is 25.4 Å². The van der Waals surface area contributed by atoms with E-state index in [-0.39, 0.29) is 12.8 Å². The summed E-state index contributed by atoms with van der Waals surface area (Å²) in [5.41, 5.74) is -1.75. The molecule has 2 aliphatic heterocycles. The average molecular weight is 660 g/mol. The quantitative estimate of drug-likeness (QED) is 0.0688. The molecule has 0 bridgehead atoms. The molecular weight excluding hydrogens is 626 g/mol. The van der Waals surface area contributed by atoms with Gasteiger partial charge in [-0.2, -0.15) is 0 Å². The first kappa shape index (κ1) is 35.6. The lowest BCUT2D eigenvalue weighted by molar-refractivity contribution is -0.273. The van der Waals surface area contributed by atoms with Crippen LogP contribution in [0.2, 0.25) is 0 Å². The van der Waals surface area contributed by atoms with Crippen LogP contribution in [0.25, 0.3) is 0 Å². The van der Waals surface area contributed by atoms with Crippen molar-refractivity contribution in [3.05, 3.63) is 33.1 Å². The van der Waals surface area contributed by atoms with Gasteiger partial charge < -0.3 is 54.8 Å². The van der Waals surface area contributed by atoms with Gasteiger partial charge in [0.25, 0.3) is 21.2 Å². The molecule has 1 amide bonds. The molecule has 0 aromatic carbocycles. The number of H-pyrrole nitrogens is 1. The number of ether oxygens (including phenoxy) is 2. The number of hydrogen-bond donors (Lipinski definition) is 7. The van der Waals surface area contributed by atoms with E-state index in [0.29, 0.717) is 19.4 Å². The second-order valence-corrected chi connectivity index (χ2v) is 12.6. The van der Waals surface area contributed by atoms with Gasteiger partial charge in [-0.3, -0.25) is 32.8 Å². The molecule has 8 unspecified atom stereocenters. The van der Waals surface area contributed by atoms with Gasteiger partial charge in [-0.1, -0.05) is 0 Å². The molecule has 3 rings (SSSR count). The fourth-order valence-corrected chi connectivity index (χ4v) is 6.42. The molecule has 246 valence electrons. The molecule has 1 aromatic heterocycles. The number of phosphoric ester groups is 2. The van der Waals surface area contributed by atoms with E-state index in [4.69, 9.17) is 14.0 Å². The number of unbranched alkanes of at least 4 members (excludes halogenated alkanes) is 1. The summed E-state index contributed by atoms with van der Waals surface area (Å²) in [5.74, 6) is -0.535. The molecule has 0 spiro atoms. The van der Waals surface area contributed by atoms with Crippen LogP contribution in [0.15, 0.2) is 21.9 Å². The highest BCUT2D eigenvalue weighted by Crippen LogP contribution is 2.57. The minimum Gasteiger partial charge on any atom is -0.756 e. The Balaban J connectivity index is 1.61. The predicted octanol–water partition coefficient (Wildman–Crippen LogP) is -4.51. The molecular formula is C21H34N4O16P2-2. The summed E-state index contributed by atoms with van der Waals surface area (Å²) < 4.78 is 49.3. The third-order valence-electron chi connectivity index (χ3n) is 6.46. The molecule has 2 saturated heterocycles. The first-order chi connectivity index (χ1) is 20.2. The Kier molecular flexibility index (Phi) is 12.8. The largest absolute Gasteiger partial charge is 0.756 e. The van der Waals surface area contributed by atoms with Gasteiger partial charge in [0.2, 0.25) is 5.91 Å². The van der Waals surface area contributed by atoms with Crippen LogP contribution in [0.5, 0.6) is 0 Å². The highest BCUT2D eigenvalue weighted by molar-refractivity contribution is 7.59. The topological polar surface area (TPSA) is 303 Å². The molecule has 3 heterocycles. The summed E-state index contributed by atoms with van der Waals surface area (Å²) in [5, 5.41) is 45.4. The first-order valence-electron chi connectivity index (χ1n) is 13.0. The summed E-state index contributed by atoms with van der Waals surface area (Å²) in [6.45, 7) is -1.20. The van der Waals surface area contributed by atoms with E-state index >= 15 is 0 Å². The fourth-order valence-electron chi connectivity index (χ4n) is 4.32. The number of carbonyl (C=O) groups excluding carboxylic acids is 1. The van der Waals surface area contributed by atoms with E-state index in [9.17, 15) is 53.7 Å². The second-order valence-electron chi connectivity index (χ2n) is 9.70. The normalized spacial score (nSPS) is 32.2. The van der Waals surface area contributed by atoms with E-state index in [1.807, 2.05) is 4.98 Å². The van der Waals surface area contributed by atoms with Crippen molar-refractivity contribution in [2.75, 3.05) is 26.8 Å². The molecule has 0 saturated carbocycles. The summed E-state index contributed by atoms with van der Waals surface area (Å²) in [7, 11) is -9.88. The summed E-state index contributed by atoms with van der Waals surface area (Å²) >= 11 is 0. The van der Waals surface area contributed by atoms with Crippen molar-refractivity contribution in [1.29, 1.82) is 0 Å². The lowest BCUT2D eigenvalue weighted by Gasteiger charge is -2.41. The highest BCUT2D eigenvalue weighted by Gasteiger charge is 2.45. The minimum absolute atomic E-state index is 0.0427. The molecule has 22 heteroatoms. The summed E-state index contributed by atoms with van der Waals surface area (Å²) in [6, 6.07) is -0.357. The van der Waals surface area contributed by atoms with Crippen LogP contribution < -0.4 is 31.7 Å². The maximum absolute atomic E-state index is 12.5. The molecule has 43 heavy (non-hydrogen) atoms. The predicted molar refractivity (Wildman–Crippen MR) is 137 cm³/mol. The van der Waals surface area contributed by atoms with Crippen molar-refractivity contribution < 1.29 is 67.0 Å². The van der Waals surface area contributed by atoms with Crippen molar-refractivity contribution >= 4 is 21.6 Å². The lowest BCUT2D eigenvalue weighted by Crippen LogP contribution is -2.56. The Bertz CT molecular complexity index is 1290. The van der Waals surface area contributed by atoms with Crippen LogP contribution in [-0.4, -0.2) is 106 Å². The number of rotatable bonds is 15. The maximum Gasteiger partial charge on any atom is 0.330 e. The van der Waals surface area contributed by atoms with Gasteiger partial charge in [-0.15, -0.1) is 0 Å². The van der Waals surface area contributed by atoms with E-state index in [0.717, 1.165) is 16.8 Å². The monoisotopic (exact) mass is 660 g/mol. The molecule has 0 radical (unpaired) electrons. The van der Waals surface area contributed by atoms with Crippen molar-refractivity contribution in [3.63, 3.8) is 0 Å². The maximum atomic E-state index is 12.5. The van der Waals surface area contributed by atoms with Gasteiger partial charge in [0, 0.05) is 25.1 Å². The van der Waals surface area contributed by atoms with Crippen LogP contribution >= 0.6 is 15.6 Å². The summed E-state index contributed by atoms with van der Waals surface area (Å²) in [4.78, 5) is 62.3. The van der Waals surface area contributed by atoms with Crippen LogP contribution in [-0.2, 0) is 36.8 Å². The zero-order chi connectivity index (χ0) is 31.9. The van der Waals surface area contributed by atoms with Crippen molar-refractivity contribution in [3.8, 4) is 0 Å². The minimum atomic E-state index is -5.84. The Morgan fingerprint density at radius 1 is 1.14 bits per heavy atom. The number of hydrogen-bond acceptors (Lipinski definition) is 17. The zero-order valence-electron chi connectivity index (χ0n) is 22.8. The van der Waals surface area contributed by atoms with Crippen LogP contribution in [0, 0.1) is 0 Å². The SMILES string of the molecule is CNCCCCC(=O)NC1C[C@@H](O)C(CO)O[C@H]1OP(=O)([O-])OP(=O)([O-])OCC1OC(n2ccc(=O)[nH]c2=O)C(O)C1O. The van der Waals surface area contributed by atoms with Gasteiger partial charge in [0.15, 0.2) is 12.5 Å². The Labute approximate surface area is 243 Å². The molecule has 2 fully saturated rings. The van der Waals surface area contributed by atoms with Gasteiger partial charge in [0.1, 0.15) is 24.4 Å². The third-order valence-corrected chi connectivity index (χ3v) is 8.99. The molecule has 1 aromatic rings. The zero-order valence-corrected chi connectivity index (χ0v) is 24.5. The van der Waals surface area contributed by atoms with E-state index in [1.54, 1.807) is 7.05 Å². The number of aliphatic hydroxyl groups excluding tert-OH is 4. The smallest absolute Gasteiger partial charge is 0.330 e. The Hall–Kier alpha value is -1.87. The molecule has 7 N–H and O–H groups in total. The number of aromatic nitrogens is 2. The van der Waals surface area contributed by atoms with Gasteiger partial charge in [-0.05, 0) is 26.4 Å². The highest BCUT2D eigenvalue weighted by atomic mass is 31.3. The number of aliphatic hydroxyl groups is 4. The van der Waals surface area contributed by atoms with Crippen LogP contribution in [0.1, 0.15) is 31.9 Å². The fraction of sp³-hybridized carbons (Fsp3) is 0.762. The number of phosphoric acid groups is 2. The van der Waals surface area contributed by atoms with Crippen LogP contribution in [0.4, 0.5) is 0 Å². The van der Waals surface area contributed by atoms with Crippen molar-refractivity contribution in [2.45, 2.75) is 74.8 Å². The average Bonchev–Trinajstić information content (AvgIpc) is 3.19. The van der Waals surface area contributed by atoms with Crippen LogP contribution in [0.3, 0.4) is 0 Å².